The lowest BCUT2D eigenvalue weighted by molar-refractivity contribution is -0.131. The first-order valence-corrected chi connectivity index (χ1v) is 38.5. The maximum Gasteiger partial charge on any atom is 0.223 e. The number of hydrogen-bond donors (Lipinski definition) is 0. The van der Waals surface area contributed by atoms with E-state index in [0.717, 1.165) is 104 Å². The predicted octanol–water partition coefficient (Wildman–Crippen LogP) is 24.5. The van der Waals surface area contributed by atoms with Crippen molar-refractivity contribution in [2.24, 2.45) is 0 Å². The number of allylic oxidation sites excluding steroid dienone is 16. The molecule has 0 heterocycles. The molecule has 0 aliphatic carbocycles. The summed E-state index contributed by atoms with van der Waals surface area (Å²) in [6.45, 7) is 15.8. The molecule has 0 unspecified atom stereocenters. The molecule has 0 N–H and O–H groups in total. The van der Waals surface area contributed by atoms with Crippen molar-refractivity contribution in [1.82, 2.24) is 19.6 Å². The molecular formula is C82H150N4O2. The molecule has 0 aromatic carbocycles. The normalized spacial score (nSPS) is 12.5. The molecule has 0 rings (SSSR count). The molecule has 0 aromatic heterocycles. The number of carbonyl (C=O) groups is 2. The van der Waals surface area contributed by atoms with Gasteiger partial charge in [0.05, 0.1) is 0 Å². The highest BCUT2D eigenvalue weighted by Crippen LogP contribution is 2.16. The minimum atomic E-state index is 0.308. The highest BCUT2D eigenvalue weighted by molar-refractivity contribution is 5.77. The van der Waals surface area contributed by atoms with Crippen molar-refractivity contribution in [3.63, 3.8) is 0 Å². The van der Waals surface area contributed by atoms with Crippen LogP contribution >= 0.6 is 0 Å². The van der Waals surface area contributed by atoms with Gasteiger partial charge in [0.25, 0.3) is 0 Å². The van der Waals surface area contributed by atoms with Crippen molar-refractivity contribution < 1.29 is 9.59 Å². The van der Waals surface area contributed by atoms with E-state index < -0.39 is 0 Å². The average molecular weight is 1220 g/mol. The highest BCUT2D eigenvalue weighted by atomic mass is 16.2. The van der Waals surface area contributed by atoms with E-state index in [1.165, 1.54) is 257 Å². The summed E-state index contributed by atoms with van der Waals surface area (Å²) in [7, 11) is 4.27. The molecule has 0 aliphatic rings. The summed E-state index contributed by atoms with van der Waals surface area (Å²) in [5.41, 5.74) is 0. The van der Waals surface area contributed by atoms with Gasteiger partial charge in [-0.25, -0.2) is 0 Å². The molecule has 2 amide bonds. The van der Waals surface area contributed by atoms with E-state index >= 15 is 0 Å². The first-order valence-electron chi connectivity index (χ1n) is 38.5. The van der Waals surface area contributed by atoms with Gasteiger partial charge in [-0.3, -0.25) is 9.59 Å². The van der Waals surface area contributed by atoms with Crippen LogP contribution in [0.3, 0.4) is 0 Å². The fourth-order valence-electron chi connectivity index (χ4n) is 11.4. The Labute approximate surface area is 550 Å². The minimum Gasteiger partial charge on any atom is -0.343 e. The van der Waals surface area contributed by atoms with Crippen LogP contribution in [0, 0.1) is 0 Å². The van der Waals surface area contributed by atoms with Gasteiger partial charge in [-0.15, -0.1) is 0 Å². The lowest BCUT2D eigenvalue weighted by Crippen LogP contribution is -2.40. The van der Waals surface area contributed by atoms with Gasteiger partial charge in [0.2, 0.25) is 11.8 Å². The number of likely N-dealkylation sites (N-methyl/N-ethyl adjacent to an activating group) is 1. The molecule has 0 spiro atoms. The lowest BCUT2D eigenvalue weighted by Gasteiger charge is -2.28. The van der Waals surface area contributed by atoms with Gasteiger partial charge in [-0.2, -0.15) is 0 Å². The molecule has 6 heteroatoms. The van der Waals surface area contributed by atoms with Crippen LogP contribution in [0.4, 0.5) is 0 Å². The van der Waals surface area contributed by atoms with E-state index in [9.17, 15) is 9.59 Å². The van der Waals surface area contributed by atoms with Crippen molar-refractivity contribution in [2.75, 3.05) is 66.5 Å². The van der Waals surface area contributed by atoms with Crippen LogP contribution in [0.15, 0.2) is 97.2 Å². The number of amides is 2. The zero-order valence-electron chi connectivity index (χ0n) is 59.9. The van der Waals surface area contributed by atoms with Gasteiger partial charge in [0.15, 0.2) is 0 Å². The van der Waals surface area contributed by atoms with Crippen molar-refractivity contribution in [1.29, 1.82) is 0 Å². The van der Waals surface area contributed by atoms with Crippen LogP contribution in [0.25, 0.3) is 0 Å². The Morgan fingerprint density at radius 3 is 0.648 bits per heavy atom. The average Bonchev–Trinajstić information content (AvgIpc) is 3.73. The van der Waals surface area contributed by atoms with Crippen molar-refractivity contribution in [3.05, 3.63) is 97.2 Å². The van der Waals surface area contributed by atoms with E-state index in [4.69, 9.17) is 0 Å². The maximum absolute atomic E-state index is 14.3. The monoisotopic (exact) mass is 1220 g/mol. The SMILES string of the molecule is CCCCC/C=C\C/C=C\CCCCCCCCN(CCCCCCCC/C=C\C/C=C\CCCCC)C(=O)CCN(CCC(=O)N(CCCCCCCC/C=C\C/C=C\CCCCC)CCCCCCCC/C=C\C/C=C\CCCCC)CCN(C)C. The van der Waals surface area contributed by atoms with E-state index in [0.29, 0.717) is 24.7 Å². The summed E-state index contributed by atoms with van der Waals surface area (Å²) < 4.78 is 0. The summed E-state index contributed by atoms with van der Waals surface area (Å²) >= 11 is 0. The Morgan fingerprint density at radius 1 is 0.227 bits per heavy atom. The van der Waals surface area contributed by atoms with Crippen LogP contribution in [0.2, 0.25) is 0 Å². The number of rotatable bonds is 69. The van der Waals surface area contributed by atoms with Gasteiger partial charge < -0.3 is 19.6 Å². The van der Waals surface area contributed by atoms with Crippen LogP contribution in [-0.4, -0.2) is 97.9 Å². The van der Waals surface area contributed by atoms with Gasteiger partial charge in [0.1, 0.15) is 0 Å². The molecule has 0 radical (unpaired) electrons. The molecule has 0 fully saturated rings. The van der Waals surface area contributed by atoms with Crippen molar-refractivity contribution in [3.8, 4) is 0 Å². The predicted molar refractivity (Wildman–Crippen MR) is 395 cm³/mol. The molecule has 88 heavy (non-hydrogen) atoms. The van der Waals surface area contributed by atoms with Crippen LogP contribution in [0.5, 0.6) is 0 Å². The fourth-order valence-corrected chi connectivity index (χ4v) is 11.4. The second-order valence-electron chi connectivity index (χ2n) is 26.2. The minimum absolute atomic E-state index is 0.308. The van der Waals surface area contributed by atoms with Crippen LogP contribution < -0.4 is 0 Å². The summed E-state index contributed by atoms with van der Waals surface area (Å²) in [6, 6.07) is 0. The summed E-state index contributed by atoms with van der Waals surface area (Å²) in [6.07, 6.45) is 98.0. The zero-order valence-corrected chi connectivity index (χ0v) is 59.9. The van der Waals surface area contributed by atoms with Crippen molar-refractivity contribution >= 4 is 11.8 Å². The van der Waals surface area contributed by atoms with E-state index in [1.807, 2.05) is 0 Å². The second kappa shape index (κ2) is 72.8. The van der Waals surface area contributed by atoms with Gasteiger partial charge in [-0.05, 0) is 168 Å². The number of unbranched alkanes of at least 4 members (excludes halogenated alkanes) is 36. The fraction of sp³-hybridized carbons (Fsp3) is 0.780. The second-order valence-corrected chi connectivity index (χ2v) is 26.2. The highest BCUT2D eigenvalue weighted by Gasteiger charge is 2.19. The van der Waals surface area contributed by atoms with E-state index in [-0.39, 0.29) is 0 Å². The maximum atomic E-state index is 14.3. The molecule has 0 atom stereocenters. The summed E-state index contributed by atoms with van der Waals surface area (Å²) in [4.78, 5) is 37.6. The van der Waals surface area contributed by atoms with Gasteiger partial charge in [0, 0.05) is 65.2 Å². The number of hydrogen-bond acceptors (Lipinski definition) is 4. The van der Waals surface area contributed by atoms with Crippen LogP contribution in [0.1, 0.15) is 349 Å². The zero-order chi connectivity index (χ0) is 63.8. The van der Waals surface area contributed by atoms with Gasteiger partial charge >= 0.3 is 0 Å². The standard InChI is InChI=1S/C82H150N4O2/c1-7-11-15-19-23-27-31-35-39-43-47-51-55-59-63-67-73-85(74-68-64-60-56-52-48-44-40-36-32-28-24-20-16-12-8-2)81(87)71-77-84(80-79-83(5)6)78-72-82(88)86(75-69-65-61-57-53-49-45-41-37-33-29-25-21-17-13-9-3)76-70-66-62-58-54-50-46-42-38-34-30-26-22-18-14-10-4/h23-30,35-42H,7-22,31-34,43-80H2,1-6H3/b27-23-,28-24-,29-25-,30-26-,39-35-,40-36-,41-37-,42-38-. The Balaban J connectivity index is 5.45. The van der Waals surface area contributed by atoms with E-state index in [2.05, 4.69) is 159 Å². The quantitative estimate of drug-likeness (QED) is 0.0450. The topological polar surface area (TPSA) is 47.1 Å². The molecule has 0 saturated heterocycles. The number of carbonyl (C=O) groups excluding carboxylic acids is 2. The largest absolute Gasteiger partial charge is 0.343 e. The first-order chi connectivity index (χ1) is 43.4. The van der Waals surface area contributed by atoms with Crippen molar-refractivity contribution in [2.45, 2.75) is 349 Å². The molecule has 0 bridgehead atoms. The molecule has 510 valence electrons. The Kier molecular flexibility index (Phi) is 70.2. The van der Waals surface area contributed by atoms with Gasteiger partial charge in [-0.1, -0.05) is 279 Å². The molecule has 0 saturated carbocycles. The Bertz CT molecular complexity index is 1470. The Morgan fingerprint density at radius 2 is 0.432 bits per heavy atom. The third-order valence-corrected chi connectivity index (χ3v) is 17.4. The Hall–Kier alpha value is -3.22. The first kappa shape index (κ1) is 84.8. The van der Waals surface area contributed by atoms with E-state index in [1.54, 1.807) is 0 Å². The summed E-state index contributed by atoms with van der Waals surface area (Å²) in [5, 5.41) is 0. The molecule has 0 aliphatic heterocycles. The number of nitrogens with zero attached hydrogens (tertiary/aromatic N) is 4. The third kappa shape index (κ3) is 65.7. The molecule has 0 aromatic rings. The summed E-state index contributed by atoms with van der Waals surface area (Å²) in [5.74, 6) is 0.616. The van der Waals surface area contributed by atoms with Crippen LogP contribution in [-0.2, 0) is 9.59 Å². The molecule has 6 nitrogen and oxygen atoms in total. The third-order valence-electron chi connectivity index (χ3n) is 17.4. The lowest BCUT2D eigenvalue weighted by atomic mass is 10.1. The molecular weight excluding hydrogens is 1070 g/mol. The smallest absolute Gasteiger partial charge is 0.223 e.